The number of aryl methyl sites for hydroxylation is 1. The highest BCUT2D eigenvalue weighted by molar-refractivity contribution is 5.76. The molecular weight excluding hydrogens is 292 g/mol. The Labute approximate surface area is 134 Å². The highest BCUT2D eigenvalue weighted by Gasteiger charge is 2.06. The number of hydrogen-bond acceptors (Lipinski definition) is 3. The number of imidazole rings is 1. The van der Waals surface area contributed by atoms with Gasteiger partial charge in [-0.15, -0.1) is 0 Å². The van der Waals surface area contributed by atoms with Gasteiger partial charge in [0.25, 0.3) is 0 Å². The van der Waals surface area contributed by atoms with Crippen molar-refractivity contribution >= 4 is 16.9 Å². The van der Waals surface area contributed by atoms with Crippen molar-refractivity contribution < 1.29 is 4.79 Å². The summed E-state index contributed by atoms with van der Waals surface area (Å²) in [6.07, 6.45) is 5.30. The Morgan fingerprint density at radius 3 is 2.91 bits per heavy atom. The number of aromatic amines is 2. The molecule has 23 heavy (non-hydrogen) atoms. The molecule has 6 heteroatoms. The Bertz CT molecular complexity index is 772. The number of benzene rings is 1. The molecule has 1 aromatic heterocycles. The number of H-pyrrole nitrogens is 2. The third kappa shape index (κ3) is 4.32. The number of aromatic nitrogens is 2. The van der Waals surface area contributed by atoms with E-state index in [0.717, 1.165) is 48.9 Å². The average molecular weight is 314 g/mol. The fourth-order valence-corrected chi connectivity index (χ4v) is 2.82. The smallest absolute Gasteiger partial charge is 0.323 e. The summed E-state index contributed by atoms with van der Waals surface area (Å²) in [6, 6.07) is 5.85. The molecule has 122 valence electrons. The number of nitrogens with one attached hydrogen (secondary N) is 4. The van der Waals surface area contributed by atoms with E-state index in [4.69, 9.17) is 0 Å². The largest absolute Gasteiger partial charge is 0.352 e. The molecule has 4 N–H and O–H groups in total. The van der Waals surface area contributed by atoms with E-state index in [-0.39, 0.29) is 11.6 Å². The molecule has 0 bridgehead atoms. The number of fused-ring (bicyclic) bond motifs is 1. The first kappa shape index (κ1) is 15.6. The predicted octanol–water partition coefficient (Wildman–Crippen LogP) is 1.21. The highest BCUT2D eigenvalue weighted by Crippen LogP contribution is 2.12. The molecule has 2 aromatic rings. The fourth-order valence-electron chi connectivity index (χ4n) is 2.82. The molecule has 0 saturated carbocycles. The Balaban J connectivity index is 1.43. The van der Waals surface area contributed by atoms with Gasteiger partial charge < -0.3 is 20.6 Å². The minimum absolute atomic E-state index is 0.0977. The van der Waals surface area contributed by atoms with Crippen LogP contribution in [0.2, 0.25) is 0 Å². The van der Waals surface area contributed by atoms with Crippen molar-refractivity contribution in [3.63, 3.8) is 0 Å². The summed E-state index contributed by atoms with van der Waals surface area (Å²) in [4.78, 5) is 28.6. The zero-order chi connectivity index (χ0) is 16.1. The zero-order valence-electron chi connectivity index (χ0n) is 13.1. The molecule has 1 amide bonds. The van der Waals surface area contributed by atoms with E-state index >= 15 is 0 Å². The minimum Gasteiger partial charge on any atom is -0.352 e. The molecule has 2 heterocycles. The van der Waals surface area contributed by atoms with Gasteiger partial charge in [0.15, 0.2) is 0 Å². The van der Waals surface area contributed by atoms with Gasteiger partial charge >= 0.3 is 5.69 Å². The number of hydrogen-bond donors (Lipinski definition) is 4. The summed E-state index contributed by atoms with van der Waals surface area (Å²) in [5.41, 5.74) is 3.87. The van der Waals surface area contributed by atoms with Crippen LogP contribution in [-0.2, 0) is 11.2 Å². The quantitative estimate of drug-likeness (QED) is 0.604. The van der Waals surface area contributed by atoms with Gasteiger partial charge in [0.05, 0.1) is 11.0 Å². The van der Waals surface area contributed by atoms with Crippen molar-refractivity contribution in [2.75, 3.05) is 19.6 Å². The van der Waals surface area contributed by atoms with Gasteiger partial charge in [0, 0.05) is 19.5 Å². The maximum atomic E-state index is 11.9. The second kappa shape index (κ2) is 7.28. The third-order valence-corrected chi connectivity index (χ3v) is 4.12. The van der Waals surface area contributed by atoms with Gasteiger partial charge in [-0.2, -0.15) is 0 Å². The summed E-state index contributed by atoms with van der Waals surface area (Å²) >= 11 is 0. The summed E-state index contributed by atoms with van der Waals surface area (Å²) in [5, 5.41) is 6.24. The number of rotatable bonds is 6. The topological polar surface area (TPSA) is 89.8 Å². The van der Waals surface area contributed by atoms with E-state index in [1.807, 2.05) is 18.2 Å². The van der Waals surface area contributed by atoms with Crippen LogP contribution in [-0.4, -0.2) is 35.5 Å². The molecule has 1 aliphatic rings. The summed E-state index contributed by atoms with van der Waals surface area (Å²) in [5.74, 6) is 0.0977. The molecule has 3 rings (SSSR count). The van der Waals surface area contributed by atoms with Crippen LogP contribution in [0.4, 0.5) is 0 Å². The summed E-state index contributed by atoms with van der Waals surface area (Å²) < 4.78 is 0. The lowest BCUT2D eigenvalue weighted by Crippen LogP contribution is -2.29. The Kier molecular flexibility index (Phi) is 4.92. The number of amides is 1. The standard InChI is InChI=1S/C17H22N4O2/c22-16(19-11-13-6-8-18-9-7-13)3-1-2-12-4-5-14-15(10-12)21-17(23)20-14/h4-6,10,18H,1-3,7-9,11H2,(H,19,22)(H2,20,21,23). The van der Waals surface area contributed by atoms with Crippen LogP contribution >= 0.6 is 0 Å². The van der Waals surface area contributed by atoms with Crippen molar-refractivity contribution in [3.8, 4) is 0 Å². The highest BCUT2D eigenvalue weighted by atomic mass is 16.1. The summed E-state index contributed by atoms with van der Waals surface area (Å²) in [6.45, 7) is 2.55. The Hall–Kier alpha value is -2.34. The predicted molar refractivity (Wildman–Crippen MR) is 90.4 cm³/mol. The normalized spacial score (nSPS) is 14.7. The van der Waals surface area contributed by atoms with Crippen molar-refractivity contribution in [2.45, 2.75) is 25.7 Å². The minimum atomic E-state index is -0.191. The van der Waals surface area contributed by atoms with Gasteiger partial charge in [0.1, 0.15) is 0 Å². The molecule has 0 unspecified atom stereocenters. The number of carbonyl (C=O) groups is 1. The van der Waals surface area contributed by atoms with E-state index in [1.165, 1.54) is 5.57 Å². The van der Waals surface area contributed by atoms with Crippen molar-refractivity contribution in [1.82, 2.24) is 20.6 Å². The Morgan fingerprint density at radius 1 is 1.22 bits per heavy atom. The van der Waals surface area contributed by atoms with Crippen LogP contribution in [0.15, 0.2) is 34.6 Å². The first-order chi connectivity index (χ1) is 11.2. The van der Waals surface area contributed by atoms with Crippen LogP contribution in [0, 0.1) is 0 Å². The van der Waals surface area contributed by atoms with Gasteiger partial charge in [0.2, 0.25) is 5.91 Å². The molecule has 1 aliphatic heterocycles. The second-order valence-corrected chi connectivity index (χ2v) is 5.91. The average Bonchev–Trinajstić information content (AvgIpc) is 2.93. The fraction of sp³-hybridized carbons (Fsp3) is 0.412. The second-order valence-electron chi connectivity index (χ2n) is 5.91. The van der Waals surface area contributed by atoms with Crippen LogP contribution in [0.3, 0.4) is 0 Å². The van der Waals surface area contributed by atoms with E-state index in [9.17, 15) is 9.59 Å². The SMILES string of the molecule is O=C(CCCc1ccc2[nH]c(=O)[nH]c2c1)NCC1=CCNCC1. The van der Waals surface area contributed by atoms with Gasteiger partial charge in [-0.05, 0) is 43.5 Å². The molecule has 0 atom stereocenters. The first-order valence-electron chi connectivity index (χ1n) is 8.07. The zero-order valence-corrected chi connectivity index (χ0v) is 13.1. The third-order valence-electron chi connectivity index (χ3n) is 4.12. The first-order valence-corrected chi connectivity index (χ1v) is 8.07. The monoisotopic (exact) mass is 314 g/mol. The van der Waals surface area contributed by atoms with Gasteiger partial charge in [-0.3, -0.25) is 4.79 Å². The van der Waals surface area contributed by atoms with Gasteiger partial charge in [-0.1, -0.05) is 17.7 Å². The molecular formula is C17H22N4O2. The van der Waals surface area contributed by atoms with Crippen LogP contribution in [0.25, 0.3) is 11.0 Å². The van der Waals surface area contributed by atoms with Gasteiger partial charge in [-0.25, -0.2) is 4.79 Å². The molecule has 0 spiro atoms. The molecule has 0 aliphatic carbocycles. The number of carbonyl (C=O) groups excluding carboxylic acids is 1. The van der Waals surface area contributed by atoms with E-state index in [0.29, 0.717) is 13.0 Å². The maximum absolute atomic E-state index is 11.9. The molecule has 1 aromatic carbocycles. The molecule has 0 radical (unpaired) electrons. The lowest BCUT2D eigenvalue weighted by atomic mass is 10.1. The van der Waals surface area contributed by atoms with Crippen LogP contribution in [0.5, 0.6) is 0 Å². The lowest BCUT2D eigenvalue weighted by Gasteiger charge is -2.14. The maximum Gasteiger partial charge on any atom is 0.323 e. The molecule has 0 saturated heterocycles. The van der Waals surface area contributed by atoms with Crippen molar-refractivity contribution in [2.24, 2.45) is 0 Å². The van der Waals surface area contributed by atoms with Crippen molar-refractivity contribution in [3.05, 3.63) is 45.9 Å². The van der Waals surface area contributed by atoms with Crippen LogP contribution < -0.4 is 16.3 Å². The molecule has 6 nitrogen and oxygen atoms in total. The van der Waals surface area contributed by atoms with E-state index in [1.54, 1.807) is 0 Å². The Morgan fingerprint density at radius 2 is 2.09 bits per heavy atom. The van der Waals surface area contributed by atoms with Crippen LogP contribution in [0.1, 0.15) is 24.8 Å². The summed E-state index contributed by atoms with van der Waals surface area (Å²) in [7, 11) is 0. The van der Waals surface area contributed by atoms with Crippen molar-refractivity contribution in [1.29, 1.82) is 0 Å². The molecule has 0 fully saturated rings. The van der Waals surface area contributed by atoms with E-state index < -0.39 is 0 Å². The van der Waals surface area contributed by atoms with E-state index in [2.05, 4.69) is 26.7 Å². The lowest BCUT2D eigenvalue weighted by molar-refractivity contribution is -0.121.